The zero-order chi connectivity index (χ0) is 15.5. The highest BCUT2D eigenvalue weighted by Gasteiger charge is 2.30. The Balaban J connectivity index is 2.11. The quantitative estimate of drug-likeness (QED) is 0.889. The molecule has 0 bridgehead atoms. The molecule has 1 unspecified atom stereocenters. The first-order valence-corrected chi connectivity index (χ1v) is 7.41. The molecule has 0 aromatic heterocycles. The van der Waals surface area contributed by atoms with Gasteiger partial charge in [-0.3, -0.25) is 0 Å². The Morgan fingerprint density at radius 1 is 1.00 bits per heavy atom. The van der Waals surface area contributed by atoms with Crippen molar-refractivity contribution in [2.75, 3.05) is 18.5 Å². The molecule has 0 heterocycles. The van der Waals surface area contributed by atoms with Crippen molar-refractivity contribution in [2.45, 2.75) is 26.9 Å². The number of rotatable bonds is 5. The molecular formula is C19H25NO. The summed E-state index contributed by atoms with van der Waals surface area (Å²) in [4.78, 5) is 2.20. The molecule has 2 heteroatoms. The lowest BCUT2D eigenvalue weighted by atomic mass is 9.82. The molecule has 2 aromatic carbocycles. The maximum absolute atomic E-state index is 10.7. The van der Waals surface area contributed by atoms with E-state index in [1.807, 2.05) is 30.3 Å². The maximum Gasteiger partial charge on any atom is 0.0857 e. The van der Waals surface area contributed by atoms with Crippen LogP contribution in [-0.2, 0) is 0 Å². The van der Waals surface area contributed by atoms with Gasteiger partial charge in [0.25, 0.3) is 0 Å². The Labute approximate surface area is 128 Å². The van der Waals surface area contributed by atoms with E-state index < -0.39 is 6.10 Å². The Bertz CT molecular complexity index is 560. The van der Waals surface area contributed by atoms with Crippen LogP contribution in [0.1, 0.15) is 31.1 Å². The number of hydrogen-bond acceptors (Lipinski definition) is 2. The van der Waals surface area contributed by atoms with Gasteiger partial charge in [0.15, 0.2) is 0 Å². The van der Waals surface area contributed by atoms with Crippen LogP contribution in [0.3, 0.4) is 0 Å². The number of anilines is 1. The van der Waals surface area contributed by atoms with Crippen molar-refractivity contribution >= 4 is 5.69 Å². The lowest BCUT2D eigenvalue weighted by Gasteiger charge is -2.35. The van der Waals surface area contributed by atoms with Crippen molar-refractivity contribution in [3.05, 3.63) is 65.7 Å². The number of benzene rings is 2. The van der Waals surface area contributed by atoms with Gasteiger partial charge in [-0.2, -0.15) is 0 Å². The number of aryl methyl sites for hydroxylation is 1. The molecule has 0 spiro atoms. The number of nitrogens with zero attached hydrogens (tertiary/aromatic N) is 1. The van der Waals surface area contributed by atoms with Crippen LogP contribution in [0.5, 0.6) is 0 Å². The summed E-state index contributed by atoms with van der Waals surface area (Å²) in [6.45, 7) is 7.09. The normalized spacial score (nSPS) is 13.0. The molecule has 2 aromatic rings. The number of aliphatic hydroxyl groups is 1. The average Bonchev–Trinajstić information content (AvgIpc) is 2.47. The minimum atomic E-state index is -0.480. The van der Waals surface area contributed by atoms with Crippen LogP contribution < -0.4 is 4.90 Å². The molecule has 0 saturated carbocycles. The van der Waals surface area contributed by atoms with Crippen LogP contribution in [0.25, 0.3) is 0 Å². The van der Waals surface area contributed by atoms with E-state index in [1.54, 1.807) is 0 Å². The molecule has 21 heavy (non-hydrogen) atoms. The summed E-state index contributed by atoms with van der Waals surface area (Å²) < 4.78 is 0. The van der Waals surface area contributed by atoms with E-state index in [4.69, 9.17) is 0 Å². The highest BCUT2D eigenvalue weighted by Crippen LogP contribution is 2.34. The Morgan fingerprint density at radius 3 is 2.14 bits per heavy atom. The minimum absolute atomic E-state index is 0.235. The fourth-order valence-corrected chi connectivity index (χ4v) is 2.67. The van der Waals surface area contributed by atoms with Gasteiger partial charge in [-0.1, -0.05) is 61.9 Å². The number of hydrogen-bond donors (Lipinski definition) is 1. The van der Waals surface area contributed by atoms with E-state index in [9.17, 15) is 5.11 Å². The van der Waals surface area contributed by atoms with Gasteiger partial charge in [0, 0.05) is 24.7 Å². The zero-order valence-electron chi connectivity index (χ0n) is 13.4. The molecule has 0 aliphatic heterocycles. The Hall–Kier alpha value is -1.80. The maximum atomic E-state index is 10.7. The predicted molar refractivity (Wildman–Crippen MR) is 89.6 cm³/mol. The SMILES string of the molecule is Cc1ccc(N(C)CC(C)(C)C(O)c2ccccc2)cc1. The van der Waals surface area contributed by atoms with Gasteiger partial charge < -0.3 is 10.0 Å². The highest BCUT2D eigenvalue weighted by molar-refractivity contribution is 5.47. The first-order chi connectivity index (χ1) is 9.90. The molecule has 0 aliphatic carbocycles. The molecule has 1 N–H and O–H groups in total. The van der Waals surface area contributed by atoms with Gasteiger partial charge in [-0.25, -0.2) is 0 Å². The molecule has 0 radical (unpaired) electrons. The monoisotopic (exact) mass is 283 g/mol. The molecule has 0 amide bonds. The average molecular weight is 283 g/mol. The van der Waals surface area contributed by atoms with E-state index in [2.05, 4.69) is 57.0 Å². The summed E-state index contributed by atoms with van der Waals surface area (Å²) in [5, 5.41) is 10.7. The lowest BCUT2D eigenvalue weighted by molar-refractivity contribution is 0.0547. The first-order valence-electron chi connectivity index (χ1n) is 7.41. The highest BCUT2D eigenvalue weighted by atomic mass is 16.3. The van der Waals surface area contributed by atoms with Gasteiger partial charge in [0.05, 0.1) is 6.10 Å². The van der Waals surface area contributed by atoms with Crippen molar-refractivity contribution in [3.8, 4) is 0 Å². The van der Waals surface area contributed by atoms with Crippen LogP contribution in [0.4, 0.5) is 5.69 Å². The van der Waals surface area contributed by atoms with Crippen molar-refractivity contribution in [1.29, 1.82) is 0 Å². The molecule has 0 fully saturated rings. The van der Waals surface area contributed by atoms with Crippen molar-refractivity contribution in [2.24, 2.45) is 5.41 Å². The third-order valence-electron chi connectivity index (χ3n) is 3.97. The van der Waals surface area contributed by atoms with Crippen molar-refractivity contribution in [3.63, 3.8) is 0 Å². The Kier molecular flexibility index (Phi) is 4.69. The van der Waals surface area contributed by atoms with Crippen LogP contribution in [-0.4, -0.2) is 18.7 Å². The van der Waals surface area contributed by atoms with Gasteiger partial charge >= 0.3 is 0 Å². The van der Waals surface area contributed by atoms with E-state index >= 15 is 0 Å². The zero-order valence-corrected chi connectivity index (χ0v) is 13.4. The van der Waals surface area contributed by atoms with E-state index in [-0.39, 0.29) is 5.41 Å². The summed E-state index contributed by atoms with van der Waals surface area (Å²) in [5.41, 5.74) is 3.17. The molecule has 2 rings (SSSR count). The molecular weight excluding hydrogens is 258 g/mol. The number of aliphatic hydroxyl groups excluding tert-OH is 1. The summed E-state index contributed by atoms with van der Waals surface area (Å²) >= 11 is 0. The third kappa shape index (κ3) is 3.85. The lowest BCUT2D eigenvalue weighted by Crippen LogP contribution is -2.36. The molecule has 2 nitrogen and oxygen atoms in total. The summed E-state index contributed by atoms with van der Waals surface area (Å²) in [6, 6.07) is 18.4. The van der Waals surface area contributed by atoms with E-state index in [1.165, 1.54) is 11.3 Å². The first kappa shape index (κ1) is 15.6. The van der Waals surface area contributed by atoms with Crippen LogP contribution >= 0.6 is 0 Å². The van der Waals surface area contributed by atoms with Gasteiger partial charge in [0.1, 0.15) is 0 Å². The molecule has 1 atom stereocenters. The van der Waals surface area contributed by atoms with Gasteiger partial charge in [-0.15, -0.1) is 0 Å². The molecule has 112 valence electrons. The third-order valence-corrected chi connectivity index (χ3v) is 3.97. The van der Waals surface area contributed by atoms with Crippen LogP contribution in [0.2, 0.25) is 0 Å². The smallest absolute Gasteiger partial charge is 0.0857 e. The second-order valence-electron chi connectivity index (χ2n) is 6.49. The second kappa shape index (κ2) is 6.31. The van der Waals surface area contributed by atoms with Crippen LogP contribution in [0.15, 0.2) is 54.6 Å². The van der Waals surface area contributed by atoms with Crippen molar-refractivity contribution in [1.82, 2.24) is 0 Å². The molecule has 0 aliphatic rings. The molecule has 0 saturated heterocycles. The standard InChI is InChI=1S/C19H25NO/c1-15-10-12-17(13-11-15)20(4)14-19(2,3)18(21)16-8-6-5-7-9-16/h5-13,18,21H,14H2,1-4H3. The fourth-order valence-electron chi connectivity index (χ4n) is 2.67. The topological polar surface area (TPSA) is 23.5 Å². The summed E-state index contributed by atoms with van der Waals surface area (Å²) in [6.07, 6.45) is -0.480. The van der Waals surface area contributed by atoms with E-state index in [0.29, 0.717) is 0 Å². The summed E-state index contributed by atoms with van der Waals surface area (Å²) in [7, 11) is 2.07. The largest absolute Gasteiger partial charge is 0.388 e. The van der Waals surface area contributed by atoms with Crippen molar-refractivity contribution < 1.29 is 5.11 Å². The Morgan fingerprint density at radius 2 is 1.57 bits per heavy atom. The second-order valence-corrected chi connectivity index (χ2v) is 6.49. The van der Waals surface area contributed by atoms with Gasteiger partial charge in [-0.05, 0) is 24.6 Å². The minimum Gasteiger partial charge on any atom is -0.388 e. The summed E-state index contributed by atoms with van der Waals surface area (Å²) in [5.74, 6) is 0. The van der Waals surface area contributed by atoms with Gasteiger partial charge in [0.2, 0.25) is 0 Å². The predicted octanol–water partition coefficient (Wildman–Crippen LogP) is 4.19. The van der Waals surface area contributed by atoms with Crippen LogP contribution in [0, 0.1) is 12.3 Å². The van der Waals surface area contributed by atoms with E-state index in [0.717, 1.165) is 12.1 Å². The fraction of sp³-hybridized carbons (Fsp3) is 0.368.